The van der Waals surface area contributed by atoms with Crippen molar-refractivity contribution in [3.63, 3.8) is 0 Å². The van der Waals surface area contributed by atoms with Crippen LogP contribution in [-0.2, 0) is 4.79 Å². The first kappa shape index (κ1) is 22.1. The van der Waals surface area contributed by atoms with Crippen LogP contribution in [0.1, 0.15) is 17.2 Å². The van der Waals surface area contributed by atoms with E-state index in [-0.39, 0.29) is 23.3 Å². The Morgan fingerprint density at radius 1 is 0.879 bits per heavy atom. The van der Waals surface area contributed by atoms with Crippen LogP contribution in [0.3, 0.4) is 0 Å². The Balaban J connectivity index is 1.45. The van der Waals surface area contributed by atoms with Gasteiger partial charge in [-0.3, -0.25) is 9.69 Å². The highest BCUT2D eigenvalue weighted by Crippen LogP contribution is 2.29. The minimum atomic E-state index is -0.309. The number of hydrogen-bond acceptors (Lipinski definition) is 5. The van der Waals surface area contributed by atoms with Gasteiger partial charge >= 0.3 is 0 Å². The Morgan fingerprint density at radius 2 is 1.42 bits per heavy atom. The van der Waals surface area contributed by atoms with Gasteiger partial charge in [0, 0.05) is 32.4 Å². The van der Waals surface area contributed by atoms with E-state index in [9.17, 15) is 15.2 Å². The van der Waals surface area contributed by atoms with Gasteiger partial charge in [-0.05, 0) is 23.3 Å². The lowest BCUT2D eigenvalue weighted by atomic mass is 9.96. The zero-order valence-corrected chi connectivity index (χ0v) is 18.3. The average molecular weight is 439 g/mol. The summed E-state index contributed by atoms with van der Waals surface area (Å²) in [7, 11) is 0. The molecule has 0 unspecified atom stereocenters. The second kappa shape index (κ2) is 10.5. The molecule has 33 heavy (non-hydrogen) atoms. The number of aromatic hydroxyl groups is 1. The number of benzene rings is 3. The Hall–Kier alpha value is -4.08. The maximum absolute atomic E-state index is 13.0. The van der Waals surface area contributed by atoms with E-state index in [1.165, 1.54) is 17.3 Å². The fourth-order valence-corrected chi connectivity index (χ4v) is 4.13. The topological polar surface area (TPSA) is 79.6 Å². The largest absolute Gasteiger partial charge is 0.506 e. The standard InChI is InChI=1S/C27H26N4O2/c28-19-23(20-29-24-13-7-8-14-25(24)32)27(33)31-17-15-30(16-18-31)26(21-9-3-1-4-10-21)22-11-5-2-6-12-22/h1-14,20,26,29,32H,15-18H2/b23-20-. The highest BCUT2D eigenvalue weighted by Gasteiger charge is 2.29. The van der Waals surface area contributed by atoms with Gasteiger partial charge in [0.25, 0.3) is 5.91 Å². The molecule has 0 saturated carbocycles. The Morgan fingerprint density at radius 3 is 1.97 bits per heavy atom. The number of amides is 1. The quantitative estimate of drug-likeness (QED) is 0.343. The van der Waals surface area contributed by atoms with Crippen LogP contribution in [0.4, 0.5) is 5.69 Å². The van der Waals surface area contributed by atoms with Gasteiger partial charge in [-0.2, -0.15) is 5.26 Å². The molecular formula is C27H26N4O2. The third kappa shape index (κ3) is 5.22. The van der Waals surface area contributed by atoms with E-state index in [1.807, 2.05) is 42.5 Å². The van der Waals surface area contributed by atoms with E-state index >= 15 is 0 Å². The number of hydrogen-bond donors (Lipinski definition) is 2. The summed E-state index contributed by atoms with van der Waals surface area (Å²) in [5, 5.41) is 22.3. The molecule has 0 bridgehead atoms. The predicted octanol–water partition coefficient (Wildman–Crippen LogP) is 4.15. The minimum absolute atomic E-state index is 0.00868. The molecule has 3 aromatic carbocycles. The second-order valence-corrected chi connectivity index (χ2v) is 7.88. The first-order chi connectivity index (χ1) is 16.2. The van der Waals surface area contributed by atoms with Crippen LogP contribution in [0.2, 0.25) is 0 Å². The lowest BCUT2D eigenvalue weighted by Crippen LogP contribution is -2.50. The first-order valence-electron chi connectivity index (χ1n) is 11.0. The summed E-state index contributed by atoms with van der Waals surface area (Å²) in [5.74, 6) is -0.254. The van der Waals surface area contributed by atoms with Crippen molar-refractivity contribution in [3.8, 4) is 11.8 Å². The monoisotopic (exact) mass is 438 g/mol. The number of para-hydroxylation sites is 2. The zero-order valence-electron chi connectivity index (χ0n) is 18.3. The third-order valence-electron chi connectivity index (χ3n) is 5.82. The van der Waals surface area contributed by atoms with Crippen molar-refractivity contribution in [3.05, 3.63) is 108 Å². The van der Waals surface area contributed by atoms with Crippen molar-refractivity contribution in [2.45, 2.75) is 6.04 Å². The summed E-state index contributed by atoms with van der Waals surface area (Å²) in [6, 6.07) is 29.5. The van der Waals surface area contributed by atoms with Gasteiger partial charge in [0.05, 0.1) is 11.7 Å². The number of phenolic OH excluding ortho intramolecular Hbond substituents is 1. The third-order valence-corrected chi connectivity index (χ3v) is 5.82. The molecule has 4 rings (SSSR count). The van der Waals surface area contributed by atoms with Gasteiger partial charge in [-0.1, -0.05) is 72.8 Å². The number of carbonyl (C=O) groups excluding carboxylic acids is 1. The van der Waals surface area contributed by atoms with Gasteiger partial charge in [0.1, 0.15) is 17.4 Å². The predicted molar refractivity (Wildman–Crippen MR) is 128 cm³/mol. The van der Waals surface area contributed by atoms with Crippen molar-refractivity contribution in [1.82, 2.24) is 9.80 Å². The molecule has 0 aliphatic carbocycles. The van der Waals surface area contributed by atoms with Crippen molar-refractivity contribution in [2.24, 2.45) is 0 Å². The van der Waals surface area contributed by atoms with Crippen LogP contribution in [-0.4, -0.2) is 47.0 Å². The average Bonchev–Trinajstić information content (AvgIpc) is 2.87. The van der Waals surface area contributed by atoms with Gasteiger partial charge in [0.2, 0.25) is 0 Å². The molecule has 1 aliphatic heterocycles. The van der Waals surface area contributed by atoms with Crippen molar-refractivity contribution >= 4 is 11.6 Å². The van der Waals surface area contributed by atoms with E-state index in [0.29, 0.717) is 31.9 Å². The SMILES string of the molecule is N#C/C(=C/Nc1ccccc1O)C(=O)N1CCN(C(c2ccccc2)c2ccccc2)CC1. The molecule has 3 aromatic rings. The number of nitrogens with zero attached hydrogens (tertiary/aromatic N) is 3. The molecule has 1 amide bonds. The number of carbonyl (C=O) groups is 1. The molecule has 1 fully saturated rings. The maximum Gasteiger partial charge on any atom is 0.266 e. The summed E-state index contributed by atoms with van der Waals surface area (Å²) in [5.41, 5.74) is 2.88. The maximum atomic E-state index is 13.0. The lowest BCUT2D eigenvalue weighted by molar-refractivity contribution is -0.128. The van der Waals surface area contributed by atoms with E-state index in [0.717, 1.165) is 0 Å². The molecule has 166 valence electrons. The summed E-state index contributed by atoms with van der Waals surface area (Å²) < 4.78 is 0. The minimum Gasteiger partial charge on any atom is -0.506 e. The van der Waals surface area contributed by atoms with Gasteiger partial charge in [-0.15, -0.1) is 0 Å². The molecule has 1 heterocycles. The van der Waals surface area contributed by atoms with E-state index in [1.54, 1.807) is 29.2 Å². The molecule has 6 heteroatoms. The molecule has 0 aromatic heterocycles. The number of phenols is 1. The fourth-order valence-electron chi connectivity index (χ4n) is 4.13. The normalized spacial score (nSPS) is 14.7. The molecular weight excluding hydrogens is 412 g/mol. The van der Waals surface area contributed by atoms with Crippen LogP contribution in [0.15, 0.2) is 96.7 Å². The van der Waals surface area contributed by atoms with E-state index in [2.05, 4.69) is 34.5 Å². The van der Waals surface area contributed by atoms with Crippen molar-refractivity contribution in [2.75, 3.05) is 31.5 Å². The Kier molecular flexibility index (Phi) is 7.03. The van der Waals surface area contributed by atoms with Gasteiger partial charge in [0.15, 0.2) is 0 Å². The molecule has 1 aliphatic rings. The smallest absolute Gasteiger partial charge is 0.266 e. The number of rotatable bonds is 6. The second-order valence-electron chi connectivity index (χ2n) is 7.88. The number of nitriles is 1. The van der Waals surface area contributed by atoms with Crippen LogP contribution in [0.5, 0.6) is 5.75 Å². The summed E-state index contributed by atoms with van der Waals surface area (Å²) in [6.07, 6.45) is 1.36. The number of piperazine rings is 1. The van der Waals surface area contributed by atoms with Crippen LogP contribution >= 0.6 is 0 Å². The first-order valence-corrected chi connectivity index (χ1v) is 11.0. The van der Waals surface area contributed by atoms with Crippen LogP contribution < -0.4 is 5.32 Å². The van der Waals surface area contributed by atoms with E-state index < -0.39 is 0 Å². The fraction of sp³-hybridized carbons (Fsp3) is 0.185. The summed E-state index contributed by atoms with van der Waals surface area (Å²) in [6.45, 7) is 2.47. The van der Waals surface area contributed by atoms with E-state index in [4.69, 9.17) is 0 Å². The van der Waals surface area contributed by atoms with Gasteiger partial charge < -0.3 is 15.3 Å². The molecule has 2 N–H and O–H groups in total. The summed E-state index contributed by atoms with van der Waals surface area (Å²) >= 11 is 0. The van der Waals surface area contributed by atoms with Crippen molar-refractivity contribution < 1.29 is 9.90 Å². The zero-order chi connectivity index (χ0) is 23.0. The Bertz CT molecular complexity index is 1110. The molecule has 6 nitrogen and oxygen atoms in total. The number of nitrogens with one attached hydrogen (secondary N) is 1. The molecule has 0 atom stereocenters. The number of anilines is 1. The molecule has 1 saturated heterocycles. The van der Waals surface area contributed by atoms with Crippen LogP contribution in [0, 0.1) is 11.3 Å². The Labute approximate surface area is 194 Å². The molecule has 0 spiro atoms. The lowest BCUT2D eigenvalue weighted by Gasteiger charge is -2.39. The van der Waals surface area contributed by atoms with Crippen molar-refractivity contribution in [1.29, 1.82) is 5.26 Å². The van der Waals surface area contributed by atoms with Gasteiger partial charge in [-0.25, -0.2) is 0 Å². The molecule has 0 radical (unpaired) electrons. The van der Waals surface area contributed by atoms with Crippen LogP contribution in [0.25, 0.3) is 0 Å². The highest BCUT2D eigenvalue weighted by molar-refractivity contribution is 5.97. The highest BCUT2D eigenvalue weighted by atomic mass is 16.3. The summed E-state index contributed by atoms with van der Waals surface area (Å²) in [4.78, 5) is 17.1.